The van der Waals surface area contributed by atoms with Gasteiger partial charge in [0.05, 0.1) is 6.04 Å². The largest absolute Gasteiger partial charge is 0.353 e. The number of halogens is 2. The van der Waals surface area contributed by atoms with Crippen molar-refractivity contribution < 1.29 is 18.4 Å². The van der Waals surface area contributed by atoms with Crippen molar-refractivity contribution in [1.82, 2.24) is 10.6 Å². The highest BCUT2D eigenvalue weighted by Gasteiger charge is 2.61. The number of hydrogen-bond donors (Lipinski definition) is 2. The van der Waals surface area contributed by atoms with Crippen LogP contribution in [0.5, 0.6) is 0 Å². The van der Waals surface area contributed by atoms with Crippen molar-refractivity contribution >= 4 is 11.8 Å². The van der Waals surface area contributed by atoms with Gasteiger partial charge in [-0.1, -0.05) is 27.2 Å². The Balaban J connectivity index is 1.47. The van der Waals surface area contributed by atoms with Gasteiger partial charge in [0, 0.05) is 24.0 Å². The van der Waals surface area contributed by atoms with Crippen LogP contribution < -0.4 is 10.6 Å². The molecular formula is C27H42F2N2O2. The van der Waals surface area contributed by atoms with Crippen molar-refractivity contribution in [3.05, 3.63) is 11.7 Å². The predicted octanol–water partition coefficient (Wildman–Crippen LogP) is 5.97. The Morgan fingerprint density at radius 2 is 1.82 bits per heavy atom. The van der Waals surface area contributed by atoms with E-state index in [0.29, 0.717) is 37.0 Å². The molecule has 2 N–H and O–H groups in total. The lowest BCUT2D eigenvalue weighted by molar-refractivity contribution is -0.141. The number of carbonyl (C=O) groups excluding carboxylic acids is 2. The van der Waals surface area contributed by atoms with Crippen molar-refractivity contribution in [3.63, 3.8) is 0 Å². The van der Waals surface area contributed by atoms with Crippen LogP contribution in [0.3, 0.4) is 0 Å². The molecule has 1 unspecified atom stereocenters. The van der Waals surface area contributed by atoms with Crippen molar-refractivity contribution in [1.29, 1.82) is 0 Å². The summed E-state index contributed by atoms with van der Waals surface area (Å²) in [4.78, 5) is 25.4. The minimum absolute atomic E-state index is 0.0361. The van der Waals surface area contributed by atoms with E-state index in [2.05, 4.69) is 24.5 Å². The van der Waals surface area contributed by atoms with Crippen molar-refractivity contribution in [2.45, 2.75) is 110 Å². The maximum absolute atomic E-state index is 13.5. The Labute approximate surface area is 197 Å². The van der Waals surface area contributed by atoms with E-state index < -0.39 is 12.1 Å². The van der Waals surface area contributed by atoms with Crippen molar-refractivity contribution in [2.24, 2.45) is 34.5 Å². The average molecular weight is 465 g/mol. The molecule has 4 fully saturated rings. The zero-order valence-electron chi connectivity index (χ0n) is 20.8. The molecule has 4 rings (SSSR count). The zero-order chi connectivity index (χ0) is 24.0. The molecule has 0 spiro atoms. The maximum Gasteiger partial charge on any atom is 0.271 e. The Bertz CT molecular complexity index is 810. The number of amides is 2. The first-order chi connectivity index (χ1) is 15.6. The van der Waals surface area contributed by atoms with Crippen LogP contribution in [-0.2, 0) is 9.59 Å². The van der Waals surface area contributed by atoms with Crippen LogP contribution in [0.1, 0.15) is 98.3 Å². The lowest BCUT2D eigenvalue weighted by Gasteiger charge is -2.60. The first-order valence-corrected chi connectivity index (χ1v) is 13.3. The second kappa shape index (κ2) is 9.30. The average Bonchev–Trinajstić information content (AvgIpc) is 3.11. The normalized spacial score (nSPS) is 40.7. The summed E-state index contributed by atoms with van der Waals surface area (Å²) in [5, 5.41) is 6.25. The summed E-state index contributed by atoms with van der Waals surface area (Å²) in [7, 11) is 0. The number of piperidine rings is 1. The molecule has 3 aliphatic carbocycles. The Morgan fingerprint density at radius 1 is 1.09 bits per heavy atom. The number of carbonyl (C=O) groups is 2. The van der Waals surface area contributed by atoms with E-state index in [1.54, 1.807) is 6.92 Å². The molecule has 1 saturated heterocycles. The molecule has 0 aromatic heterocycles. The van der Waals surface area contributed by atoms with Crippen LogP contribution in [-0.4, -0.2) is 23.9 Å². The van der Waals surface area contributed by atoms with Gasteiger partial charge in [-0.05, 0) is 93.3 Å². The molecule has 2 amide bonds. The highest BCUT2D eigenvalue weighted by Crippen LogP contribution is 2.65. The Kier molecular flexibility index (Phi) is 6.95. The smallest absolute Gasteiger partial charge is 0.271 e. The lowest BCUT2D eigenvalue weighted by atomic mass is 9.47. The summed E-state index contributed by atoms with van der Waals surface area (Å²) in [6.45, 7) is 8.36. The van der Waals surface area contributed by atoms with E-state index >= 15 is 0 Å². The van der Waals surface area contributed by atoms with Gasteiger partial charge in [0.15, 0.2) is 0 Å². The second-order valence-corrected chi connectivity index (χ2v) is 11.9. The van der Waals surface area contributed by atoms with Crippen LogP contribution in [0.4, 0.5) is 8.78 Å². The number of rotatable bonds is 6. The van der Waals surface area contributed by atoms with Crippen molar-refractivity contribution in [2.75, 3.05) is 0 Å². The first-order valence-electron chi connectivity index (χ1n) is 13.3. The third-order valence-corrected chi connectivity index (χ3v) is 10.3. The quantitative estimate of drug-likeness (QED) is 0.509. The molecule has 33 heavy (non-hydrogen) atoms. The third kappa shape index (κ3) is 4.25. The van der Waals surface area contributed by atoms with Gasteiger partial charge in [0.25, 0.3) is 6.08 Å². The van der Waals surface area contributed by atoms with Gasteiger partial charge in [-0.3, -0.25) is 9.59 Å². The first kappa shape index (κ1) is 24.7. The van der Waals surface area contributed by atoms with Gasteiger partial charge in [0.2, 0.25) is 11.8 Å². The summed E-state index contributed by atoms with van der Waals surface area (Å²) in [5.74, 6) is 1.76. The van der Waals surface area contributed by atoms with E-state index in [9.17, 15) is 18.4 Å². The number of hydrogen-bond acceptors (Lipinski definition) is 2. The molecule has 6 heteroatoms. The van der Waals surface area contributed by atoms with E-state index in [0.717, 1.165) is 51.4 Å². The summed E-state index contributed by atoms with van der Waals surface area (Å²) in [6.07, 6.45) is 8.01. The maximum atomic E-state index is 13.5. The molecule has 4 aliphatic rings. The van der Waals surface area contributed by atoms with Crippen LogP contribution in [0.2, 0.25) is 0 Å². The topological polar surface area (TPSA) is 58.2 Å². The molecule has 0 aromatic carbocycles. The number of unbranched alkanes of at least 4 members (excludes halogenated alkanes) is 1. The molecule has 3 saturated carbocycles. The van der Waals surface area contributed by atoms with Gasteiger partial charge in [-0.2, -0.15) is 8.78 Å². The number of nitrogens with one attached hydrogen (secondary N) is 2. The lowest BCUT2D eigenvalue weighted by Crippen LogP contribution is -2.61. The minimum Gasteiger partial charge on any atom is -0.353 e. The van der Waals surface area contributed by atoms with Crippen LogP contribution >= 0.6 is 0 Å². The minimum atomic E-state index is -1.64. The molecule has 4 nitrogen and oxygen atoms in total. The fourth-order valence-corrected chi connectivity index (χ4v) is 8.38. The summed E-state index contributed by atoms with van der Waals surface area (Å²) in [5.41, 5.74) is 0.178. The standard InChI is InChI=1S/C27H42F2N2O2/c1-5-6-7-17(24(28)29)16(2)30-25(33)21-10-9-19-18-8-11-22-27(4,15-13-23(32)31-22)20(18)12-14-26(19,21)3/h16,18-22H,5-15H2,1-4H3,(H,30,33)(H,31,32)/t16?,18-,19-,20-,21+,22+,26-,27+/m0/s1. The Hall–Kier alpha value is -1.46. The fraction of sp³-hybridized carbons (Fsp3) is 0.852. The predicted molar refractivity (Wildman–Crippen MR) is 125 cm³/mol. The zero-order valence-corrected chi connectivity index (χ0v) is 20.8. The Morgan fingerprint density at radius 3 is 2.52 bits per heavy atom. The molecule has 0 aromatic rings. The number of fused-ring (bicyclic) bond motifs is 5. The van der Waals surface area contributed by atoms with Crippen molar-refractivity contribution in [3.8, 4) is 0 Å². The van der Waals surface area contributed by atoms with Gasteiger partial charge < -0.3 is 10.6 Å². The third-order valence-electron chi connectivity index (χ3n) is 10.3. The highest BCUT2D eigenvalue weighted by atomic mass is 19.3. The molecular weight excluding hydrogens is 422 g/mol. The SMILES string of the molecule is CCCCC(=C(F)F)C(C)NC(=O)[C@H]1CC[C@H]2[C@@H]3CC[C@H]4NC(=O)CC[C@]4(C)[C@H]3CC[C@]12C. The second-order valence-electron chi connectivity index (χ2n) is 11.9. The molecule has 186 valence electrons. The van der Waals surface area contributed by atoms with Crippen LogP contribution in [0.25, 0.3) is 0 Å². The monoisotopic (exact) mass is 464 g/mol. The van der Waals surface area contributed by atoms with E-state index in [-0.39, 0.29) is 40.2 Å². The van der Waals surface area contributed by atoms with Gasteiger partial charge in [0.1, 0.15) is 0 Å². The fourth-order valence-electron chi connectivity index (χ4n) is 8.38. The molecule has 8 atom stereocenters. The molecule has 1 heterocycles. The van der Waals surface area contributed by atoms with E-state index in [4.69, 9.17) is 0 Å². The van der Waals surface area contributed by atoms with E-state index in [1.807, 2.05) is 6.92 Å². The van der Waals surface area contributed by atoms with Crippen LogP contribution in [0, 0.1) is 34.5 Å². The van der Waals surface area contributed by atoms with Gasteiger partial charge >= 0.3 is 0 Å². The highest BCUT2D eigenvalue weighted by molar-refractivity contribution is 5.80. The van der Waals surface area contributed by atoms with E-state index in [1.165, 1.54) is 0 Å². The van der Waals surface area contributed by atoms with Crippen LogP contribution in [0.15, 0.2) is 11.7 Å². The summed E-state index contributed by atoms with van der Waals surface area (Å²) in [6, 6.07) is -0.331. The molecule has 0 radical (unpaired) electrons. The molecule has 1 aliphatic heterocycles. The summed E-state index contributed by atoms with van der Waals surface area (Å²) < 4.78 is 27.1. The summed E-state index contributed by atoms with van der Waals surface area (Å²) >= 11 is 0. The van der Waals surface area contributed by atoms with Gasteiger partial charge in [-0.15, -0.1) is 0 Å². The molecule has 0 bridgehead atoms. The van der Waals surface area contributed by atoms with Gasteiger partial charge in [-0.25, -0.2) is 0 Å².